The van der Waals surface area contributed by atoms with Gasteiger partial charge in [-0.25, -0.2) is 9.97 Å². The number of hydrogen-bond acceptors (Lipinski definition) is 7. The fourth-order valence-corrected chi connectivity index (χ4v) is 4.76. The van der Waals surface area contributed by atoms with Crippen LogP contribution in [0.2, 0.25) is 0 Å². The molecule has 1 unspecified atom stereocenters. The van der Waals surface area contributed by atoms with Gasteiger partial charge < -0.3 is 10.2 Å². The Morgan fingerprint density at radius 2 is 2.12 bits per heavy atom. The maximum absolute atomic E-state index is 12.7. The minimum absolute atomic E-state index is 0.00625. The average molecular weight is 388 g/mol. The summed E-state index contributed by atoms with van der Waals surface area (Å²) in [6.45, 7) is 5.62. The molecule has 3 heterocycles. The summed E-state index contributed by atoms with van der Waals surface area (Å²) >= 11 is 3.18. The number of carbonyl (C=O) groups is 1. The molecule has 1 amide bonds. The minimum Gasteiger partial charge on any atom is -0.347 e. The molecule has 2 aromatic heterocycles. The van der Waals surface area contributed by atoms with Crippen LogP contribution in [-0.2, 0) is 4.79 Å². The van der Waals surface area contributed by atoms with Gasteiger partial charge in [0, 0.05) is 37.8 Å². The van der Waals surface area contributed by atoms with E-state index in [1.54, 1.807) is 11.3 Å². The van der Waals surface area contributed by atoms with Crippen molar-refractivity contribution in [2.75, 3.05) is 36.4 Å². The molecule has 4 rings (SSSR count). The fourth-order valence-electron chi connectivity index (χ4n) is 3.19. The number of rotatable bonds is 4. The van der Waals surface area contributed by atoms with Gasteiger partial charge in [-0.1, -0.05) is 23.5 Å². The number of aromatic nitrogens is 2. The van der Waals surface area contributed by atoms with Crippen molar-refractivity contribution in [1.29, 1.82) is 0 Å². The van der Waals surface area contributed by atoms with E-state index in [1.165, 1.54) is 11.3 Å². The topological polar surface area (TPSA) is 61.4 Å². The largest absolute Gasteiger partial charge is 0.347 e. The van der Waals surface area contributed by atoms with Crippen LogP contribution in [0.4, 0.5) is 10.3 Å². The SMILES string of the molecule is CC(C(=O)Nc1nc2ccccc2s1)N1CCCN(c2nccs2)CC1. The Hall–Kier alpha value is -2.03. The van der Waals surface area contributed by atoms with Gasteiger partial charge in [0.1, 0.15) is 0 Å². The van der Waals surface area contributed by atoms with Crippen molar-refractivity contribution >= 4 is 49.1 Å². The lowest BCUT2D eigenvalue weighted by atomic mass is 10.2. The number of hydrogen-bond donors (Lipinski definition) is 1. The van der Waals surface area contributed by atoms with Crippen molar-refractivity contribution in [3.8, 4) is 0 Å². The van der Waals surface area contributed by atoms with E-state index in [9.17, 15) is 4.79 Å². The maximum atomic E-state index is 12.7. The molecule has 1 aromatic carbocycles. The number of nitrogens with zero attached hydrogens (tertiary/aromatic N) is 4. The second kappa shape index (κ2) is 7.69. The number of benzene rings is 1. The summed E-state index contributed by atoms with van der Waals surface area (Å²) in [5, 5.41) is 6.73. The van der Waals surface area contributed by atoms with Crippen molar-refractivity contribution in [3.05, 3.63) is 35.8 Å². The van der Waals surface area contributed by atoms with Gasteiger partial charge in [0.15, 0.2) is 10.3 Å². The van der Waals surface area contributed by atoms with Crippen LogP contribution in [0.5, 0.6) is 0 Å². The zero-order valence-corrected chi connectivity index (χ0v) is 16.2. The molecule has 1 aliphatic heterocycles. The van der Waals surface area contributed by atoms with E-state index in [0.29, 0.717) is 5.13 Å². The van der Waals surface area contributed by atoms with Gasteiger partial charge in [-0.2, -0.15) is 0 Å². The van der Waals surface area contributed by atoms with E-state index < -0.39 is 0 Å². The summed E-state index contributed by atoms with van der Waals surface area (Å²) in [7, 11) is 0. The predicted molar refractivity (Wildman–Crippen MR) is 108 cm³/mol. The molecule has 1 N–H and O–H groups in total. The Bertz CT molecular complexity index is 846. The molecule has 26 heavy (non-hydrogen) atoms. The summed E-state index contributed by atoms with van der Waals surface area (Å²) in [5.41, 5.74) is 0.925. The highest BCUT2D eigenvalue weighted by Crippen LogP contribution is 2.26. The van der Waals surface area contributed by atoms with Crippen LogP contribution >= 0.6 is 22.7 Å². The predicted octanol–water partition coefficient (Wildman–Crippen LogP) is 3.29. The van der Waals surface area contributed by atoms with E-state index in [-0.39, 0.29) is 11.9 Å². The van der Waals surface area contributed by atoms with Gasteiger partial charge in [0.05, 0.1) is 16.3 Å². The van der Waals surface area contributed by atoms with Crippen molar-refractivity contribution in [1.82, 2.24) is 14.9 Å². The third kappa shape index (κ3) is 3.72. The summed E-state index contributed by atoms with van der Waals surface area (Å²) in [4.78, 5) is 26.2. The molecule has 8 heteroatoms. The summed E-state index contributed by atoms with van der Waals surface area (Å²) in [5.74, 6) is 0.00625. The molecule has 6 nitrogen and oxygen atoms in total. The first-order valence-electron chi connectivity index (χ1n) is 8.75. The van der Waals surface area contributed by atoms with Gasteiger partial charge in [0.2, 0.25) is 5.91 Å². The molecule has 0 radical (unpaired) electrons. The zero-order chi connectivity index (χ0) is 17.9. The average Bonchev–Trinajstić information content (AvgIpc) is 3.25. The van der Waals surface area contributed by atoms with Crippen molar-refractivity contribution in [2.24, 2.45) is 0 Å². The van der Waals surface area contributed by atoms with Crippen molar-refractivity contribution in [2.45, 2.75) is 19.4 Å². The molecule has 0 spiro atoms. The molecule has 3 aromatic rings. The number of para-hydroxylation sites is 1. The normalized spacial score (nSPS) is 17.2. The van der Waals surface area contributed by atoms with E-state index in [2.05, 4.69) is 25.1 Å². The third-order valence-corrected chi connectivity index (χ3v) is 6.46. The van der Waals surface area contributed by atoms with Gasteiger partial charge in [-0.3, -0.25) is 9.69 Å². The first-order valence-corrected chi connectivity index (χ1v) is 10.5. The summed E-state index contributed by atoms with van der Waals surface area (Å²) in [6, 6.07) is 7.75. The fraction of sp³-hybridized carbons (Fsp3) is 0.389. The van der Waals surface area contributed by atoms with E-state index >= 15 is 0 Å². The van der Waals surface area contributed by atoms with E-state index in [4.69, 9.17) is 0 Å². The summed E-state index contributed by atoms with van der Waals surface area (Å²) < 4.78 is 1.09. The number of anilines is 2. The standard InChI is InChI=1S/C18H21N5OS2/c1-13(16(24)21-17-20-14-5-2-3-6-15(14)26-17)22-8-4-9-23(11-10-22)18-19-7-12-25-18/h2-3,5-7,12-13H,4,8-11H2,1H3,(H,20,21,24). The van der Waals surface area contributed by atoms with Crippen LogP contribution < -0.4 is 10.2 Å². The summed E-state index contributed by atoms with van der Waals surface area (Å²) in [6.07, 6.45) is 2.87. The zero-order valence-electron chi connectivity index (χ0n) is 14.6. The van der Waals surface area contributed by atoms with Crippen LogP contribution in [-0.4, -0.2) is 53.0 Å². The molecule has 1 saturated heterocycles. The number of nitrogens with one attached hydrogen (secondary N) is 1. The van der Waals surface area contributed by atoms with E-state index in [1.807, 2.05) is 42.8 Å². The van der Waals surface area contributed by atoms with E-state index in [0.717, 1.165) is 47.9 Å². The van der Waals surface area contributed by atoms with Crippen LogP contribution in [0, 0.1) is 0 Å². The molecule has 0 bridgehead atoms. The number of fused-ring (bicyclic) bond motifs is 1. The molecule has 1 atom stereocenters. The molecule has 1 fully saturated rings. The number of carbonyl (C=O) groups excluding carboxylic acids is 1. The van der Waals surface area contributed by atoms with Crippen LogP contribution in [0.1, 0.15) is 13.3 Å². The smallest absolute Gasteiger partial charge is 0.243 e. The Morgan fingerprint density at radius 3 is 2.92 bits per heavy atom. The highest BCUT2D eigenvalue weighted by Gasteiger charge is 2.25. The Kier molecular flexibility index (Phi) is 5.14. The van der Waals surface area contributed by atoms with Gasteiger partial charge >= 0.3 is 0 Å². The molecule has 0 aliphatic carbocycles. The Labute approximate surface area is 160 Å². The second-order valence-corrected chi connectivity index (χ2v) is 8.25. The lowest BCUT2D eigenvalue weighted by Crippen LogP contribution is -2.43. The van der Waals surface area contributed by atoms with Crippen molar-refractivity contribution < 1.29 is 4.79 Å². The monoisotopic (exact) mass is 387 g/mol. The van der Waals surface area contributed by atoms with Crippen LogP contribution in [0.25, 0.3) is 10.2 Å². The lowest BCUT2D eigenvalue weighted by Gasteiger charge is -2.26. The minimum atomic E-state index is -0.182. The van der Waals surface area contributed by atoms with Crippen molar-refractivity contribution in [3.63, 3.8) is 0 Å². The highest BCUT2D eigenvalue weighted by atomic mass is 32.1. The van der Waals surface area contributed by atoms with Crippen LogP contribution in [0.3, 0.4) is 0 Å². The molecular weight excluding hydrogens is 366 g/mol. The first kappa shape index (κ1) is 17.4. The third-order valence-electron chi connectivity index (χ3n) is 4.67. The van der Waals surface area contributed by atoms with Gasteiger partial charge in [-0.15, -0.1) is 11.3 Å². The Balaban J connectivity index is 1.38. The highest BCUT2D eigenvalue weighted by molar-refractivity contribution is 7.22. The van der Waals surface area contributed by atoms with Crippen LogP contribution in [0.15, 0.2) is 35.8 Å². The molecular formula is C18H21N5OS2. The van der Waals surface area contributed by atoms with Gasteiger partial charge in [-0.05, 0) is 25.5 Å². The number of thiazole rings is 2. The molecule has 1 aliphatic rings. The second-order valence-electron chi connectivity index (χ2n) is 6.34. The number of amides is 1. The Morgan fingerprint density at radius 1 is 1.23 bits per heavy atom. The van der Waals surface area contributed by atoms with Gasteiger partial charge in [0.25, 0.3) is 0 Å². The molecule has 136 valence electrons. The molecule has 0 saturated carbocycles. The lowest BCUT2D eigenvalue weighted by molar-refractivity contribution is -0.120. The first-order chi connectivity index (χ1) is 12.7. The maximum Gasteiger partial charge on any atom is 0.243 e. The quantitative estimate of drug-likeness (QED) is 0.744.